The van der Waals surface area contributed by atoms with Crippen LogP contribution in [0, 0.1) is 13.8 Å². The molecule has 1 fully saturated rings. The molecule has 1 atom stereocenters. The number of Topliss-reactive ketones (excluding diaryl/α,β-unsaturated/α-hetero) is 1. The van der Waals surface area contributed by atoms with E-state index in [0.29, 0.717) is 17.9 Å². The monoisotopic (exact) mass is 450 g/mol. The minimum Gasteiger partial charge on any atom is -0.507 e. The number of aliphatic hydroxyl groups is 1. The minimum absolute atomic E-state index is 0.0258. The van der Waals surface area contributed by atoms with Crippen molar-refractivity contribution in [1.82, 2.24) is 9.80 Å². The summed E-state index contributed by atoms with van der Waals surface area (Å²) in [7, 11) is 3.95. The van der Waals surface area contributed by atoms with Gasteiger partial charge in [0.2, 0.25) is 0 Å². The lowest BCUT2D eigenvalue weighted by Crippen LogP contribution is -2.32. The fourth-order valence-electron chi connectivity index (χ4n) is 4.16. The number of hydrogen-bond donors (Lipinski definition) is 1. The number of benzene rings is 2. The highest BCUT2D eigenvalue weighted by molar-refractivity contribution is 6.46. The molecule has 1 aliphatic heterocycles. The van der Waals surface area contributed by atoms with Crippen LogP contribution in [0.2, 0.25) is 0 Å². The Labute approximate surface area is 196 Å². The summed E-state index contributed by atoms with van der Waals surface area (Å²) in [5.74, 6) is -0.677. The van der Waals surface area contributed by atoms with E-state index in [-0.39, 0.29) is 17.4 Å². The van der Waals surface area contributed by atoms with Gasteiger partial charge in [-0.1, -0.05) is 29.8 Å². The molecule has 3 rings (SSSR count). The fourth-order valence-corrected chi connectivity index (χ4v) is 4.16. The molecule has 33 heavy (non-hydrogen) atoms. The number of likely N-dealkylation sites (tertiary alicyclic amines) is 1. The summed E-state index contributed by atoms with van der Waals surface area (Å²) in [6.45, 7) is 8.96. The number of carbonyl (C=O) groups is 2. The summed E-state index contributed by atoms with van der Waals surface area (Å²) in [4.78, 5) is 29.8. The highest BCUT2D eigenvalue weighted by Gasteiger charge is 2.45. The molecule has 6 nitrogen and oxygen atoms in total. The quantitative estimate of drug-likeness (QED) is 0.365. The Morgan fingerprint density at radius 2 is 1.76 bits per heavy atom. The Morgan fingerprint density at radius 3 is 2.33 bits per heavy atom. The van der Waals surface area contributed by atoms with Crippen molar-refractivity contribution >= 4 is 17.4 Å². The van der Waals surface area contributed by atoms with Crippen molar-refractivity contribution < 1.29 is 19.4 Å². The van der Waals surface area contributed by atoms with E-state index in [1.807, 2.05) is 77.0 Å². The van der Waals surface area contributed by atoms with Crippen molar-refractivity contribution in [3.05, 3.63) is 70.3 Å². The molecular formula is C27H34N2O4. The summed E-state index contributed by atoms with van der Waals surface area (Å²) >= 11 is 0. The van der Waals surface area contributed by atoms with Gasteiger partial charge in [-0.25, -0.2) is 0 Å². The van der Waals surface area contributed by atoms with E-state index >= 15 is 0 Å². The molecule has 1 amide bonds. The van der Waals surface area contributed by atoms with E-state index < -0.39 is 17.7 Å². The number of aryl methyl sites for hydroxylation is 2. The average Bonchev–Trinajstić information content (AvgIpc) is 2.98. The van der Waals surface area contributed by atoms with Gasteiger partial charge in [0.15, 0.2) is 0 Å². The average molecular weight is 451 g/mol. The first-order valence-electron chi connectivity index (χ1n) is 11.4. The molecule has 0 aliphatic carbocycles. The number of hydrogen-bond acceptors (Lipinski definition) is 5. The van der Waals surface area contributed by atoms with Gasteiger partial charge in [0.05, 0.1) is 17.7 Å². The smallest absolute Gasteiger partial charge is 0.295 e. The lowest BCUT2D eigenvalue weighted by atomic mass is 9.93. The van der Waals surface area contributed by atoms with Gasteiger partial charge in [-0.3, -0.25) is 9.59 Å². The third kappa shape index (κ3) is 5.45. The number of carbonyl (C=O) groups excluding carboxylic acids is 2. The number of aliphatic hydroxyl groups excluding tert-OH is 1. The Kier molecular flexibility index (Phi) is 7.59. The van der Waals surface area contributed by atoms with E-state index in [2.05, 4.69) is 0 Å². The summed E-state index contributed by atoms with van der Waals surface area (Å²) < 4.78 is 5.74. The maximum absolute atomic E-state index is 13.2. The molecule has 0 radical (unpaired) electrons. The van der Waals surface area contributed by atoms with Gasteiger partial charge in [0, 0.05) is 12.1 Å². The summed E-state index contributed by atoms with van der Waals surface area (Å²) in [5.41, 5.74) is 3.32. The zero-order valence-corrected chi connectivity index (χ0v) is 20.4. The standard InChI is InChI=1S/C27H34N2O4/c1-17(2)33-21-12-13-22(19(4)16-21)25(30)23-24(20-10-8-18(3)9-11-20)29(27(32)26(23)31)15-7-14-28(5)6/h8-13,16-17,24,30H,7,14-15H2,1-6H3/b25-23+. The van der Waals surface area contributed by atoms with E-state index in [9.17, 15) is 14.7 Å². The van der Waals surface area contributed by atoms with Crippen molar-refractivity contribution in [3.8, 4) is 5.75 Å². The molecule has 6 heteroatoms. The van der Waals surface area contributed by atoms with Crippen molar-refractivity contribution in [3.63, 3.8) is 0 Å². The molecule has 1 heterocycles. The highest BCUT2D eigenvalue weighted by Crippen LogP contribution is 2.40. The lowest BCUT2D eigenvalue weighted by molar-refractivity contribution is -0.139. The lowest BCUT2D eigenvalue weighted by Gasteiger charge is -2.26. The zero-order valence-electron chi connectivity index (χ0n) is 20.4. The SMILES string of the molecule is Cc1ccc(C2/C(=C(\O)c3ccc(OC(C)C)cc3C)C(=O)C(=O)N2CCCN(C)C)cc1. The topological polar surface area (TPSA) is 70.1 Å². The largest absolute Gasteiger partial charge is 0.507 e. The third-order valence-electron chi connectivity index (χ3n) is 5.76. The van der Waals surface area contributed by atoms with Crippen LogP contribution in [-0.4, -0.2) is 59.9 Å². The van der Waals surface area contributed by atoms with E-state index in [1.165, 1.54) is 0 Å². The first-order valence-corrected chi connectivity index (χ1v) is 11.4. The molecule has 0 saturated carbocycles. The molecule has 1 saturated heterocycles. The van der Waals surface area contributed by atoms with Crippen LogP contribution in [0.15, 0.2) is 48.0 Å². The van der Waals surface area contributed by atoms with E-state index in [1.54, 1.807) is 17.0 Å². The first kappa shape index (κ1) is 24.5. The maximum Gasteiger partial charge on any atom is 0.295 e. The Bertz CT molecular complexity index is 1050. The van der Waals surface area contributed by atoms with Crippen molar-refractivity contribution in [2.75, 3.05) is 27.2 Å². The molecule has 1 N–H and O–H groups in total. The predicted octanol–water partition coefficient (Wildman–Crippen LogP) is 4.46. The van der Waals surface area contributed by atoms with Crippen molar-refractivity contribution in [1.29, 1.82) is 0 Å². The van der Waals surface area contributed by atoms with Gasteiger partial charge in [0.25, 0.3) is 11.7 Å². The fraction of sp³-hybridized carbons (Fsp3) is 0.407. The summed E-state index contributed by atoms with van der Waals surface area (Å²) in [5, 5.41) is 11.3. The predicted molar refractivity (Wildman–Crippen MR) is 130 cm³/mol. The molecule has 0 bridgehead atoms. The second-order valence-electron chi connectivity index (χ2n) is 9.20. The molecule has 0 spiro atoms. The molecule has 1 aliphatic rings. The number of rotatable bonds is 8. The molecule has 2 aromatic rings. The number of amides is 1. The Balaban J connectivity index is 2.08. The van der Waals surface area contributed by atoms with Crippen molar-refractivity contribution in [2.24, 2.45) is 0 Å². The molecule has 0 aromatic heterocycles. The summed E-state index contributed by atoms with van der Waals surface area (Å²) in [6, 6.07) is 12.5. The number of ether oxygens (including phenoxy) is 1. The Morgan fingerprint density at radius 1 is 1.09 bits per heavy atom. The first-order chi connectivity index (χ1) is 15.6. The van der Waals surface area contributed by atoms with Crippen LogP contribution in [0.1, 0.15) is 48.6 Å². The van der Waals surface area contributed by atoms with Gasteiger partial charge in [-0.2, -0.15) is 0 Å². The van der Waals surface area contributed by atoms with Crippen LogP contribution in [-0.2, 0) is 9.59 Å². The van der Waals surface area contributed by atoms with Gasteiger partial charge in [-0.05, 0) is 84.1 Å². The molecule has 1 unspecified atom stereocenters. The normalized spacial score (nSPS) is 17.9. The number of ketones is 1. The highest BCUT2D eigenvalue weighted by atomic mass is 16.5. The molecular weight excluding hydrogens is 416 g/mol. The second-order valence-corrected chi connectivity index (χ2v) is 9.20. The third-order valence-corrected chi connectivity index (χ3v) is 5.76. The van der Waals surface area contributed by atoms with Gasteiger partial charge < -0.3 is 19.6 Å². The van der Waals surface area contributed by atoms with E-state index in [0.717, 1.165) is 29.7 Å². The maximum atomic E-state index is 13.2. The number of nitrogens with zero attached hydrogens (tertiary/aromatic N) is 2. The Hall–Kier alpha value is -3.12. The minimum atomic E-state index is -0.648. The van der Waals surface area contributed by atoms with Gasteiger partial charge in [-0.15, -0.1) is 0 Å². The molecule has 176 valence electrons. The van der Waals surface area contributed by atoms with E-state index in [4.69, 9.17) is 4.74 Å². The summed E-state index contributed by atoms with van der Waals surface area (Å²) in [6.07, 6.45) is 0.751. The van der Waals surface area contributed by atoms with Gasteiger partial charge in [0.1, 0.15) is 11.5 Å². The van der Waals surface area contributed by atoms with Crippen LogP contribution in [0.5, 0.6) is 5.75 Å². The van der Waals surface area contributed by atoms with Crippen LogP contribution >= 0.6 is 0 Å². The molecule has 2 aromatic carbocycles. The van der Waals surface area contributed by atoms with Crippen LogP contribution in [0.4, 0.5) is 0 Å². The van der Waals surface area contributed by atoms with Crippen molar-refractivity contribution in [2.45, 2.75) is 46.3 Å². The van der Waals surface area contributed by atoms with Crippen LogP contribution in [0.25, 0.3) is 5.76 Å². The van der Waals surface area contributed by atoms with Crippen LogP contribution in [0.3, 0.4) is 0 Å². The van der Waals surface area contributed by atoms with Crippen LogP contribution < -0.4 is 4.74 Å². The van der Waals surface area contributed by atoms with Gasteiger partial charge >= 0.3 is 0 Å². The zero-order chi connectivity index (χ0) is 24.3. The second kappa shape index (κ2) is 10.2.